The first-order valence-corrected chi connectivity index (χ1v) is 7.08. The van der Waals surface area contributed by atoms with Gasteiger partial charge < -0.3 is 10.3 Å². The number of hydrogen-bond acceptors (Lipinski definition) is 4. The van der Waals surface area contributed by atoms with Crippen molar-refractivity contribution in [1.82, 2.24) is 9.55 Å². The van der Waals surface area contributed by atoms with Crippen LogP contribution in [0.2, 0.25) is 0 Å². The largest absolute Gasteiger partial charge is 0.368 e. The van der Waals surface area contributed by atoms with Crippen LogP contribution in [0.15, 0.2) is 16.8 Å². The van der Waals surface area contributed by atoms with E-state index in [1.807, 2.05) is 28.1 Å². The minimum atomic E-state index is -0.405. The summed E-state index contributed by atoms with van der Waals surface area (Å²) in [6.45, 7) is 2.00. The number of aryl methyl sites for hydroxylation is 1. The van der Waals surface area contributed by atoms with Crippen molar-refractivity contribution in [1.29, 1.82) is 0 Å². The number of halogens is 1. The predicted molar refractivity (Wildman–Crippen MR) is 63.3 cm³/mol. The van der Waals surface area contributed by atoms with Gasteiger partial charge in [-0.1, -0.05) is 0 Å². The normalized spacial score (nSPS) is 11.7. The number of primary amides is 1. The molecule has 0 radical (unpaired) electrons. The molecule has 0 saturated carbocycles. The number of carbonyl (C=O) groups excluding carboxylic acids is 1. The molecule has 0 unspecified atom stereocenters. The van der Waals surface area contributed by atoms with E-state index in [2.05, 4.69) is 9.38 Å². The van der Waals surface area contributed by atoms with Crippen LogP contribution in [0.3, 0.4) is 0 Å². The molecule has 0 aromatic carbocycles. The highest BCUT2D eigenvalue weighted by molar-refractivity contribution is 14.2. The Labute approximate surface area is 97.5 Å². The van der Waals surface area contributed by atoms with Gasteiger partial charge in [0.25, 0.3) is 0 Å². The van der Waals surface area contributed by atoms with Crippen molar-refractivity contribution in [3.63, 3.8) is 0 Å². The lowest BCUT2D eigenvalue weighted by molar-refractivity contribution is -0.118. The lowest BCUT2D eigenvalue weighted by atomic mass is 10.4. The molecule has 76 valence electrons. The van der Waals surface area contributed by atoms with Crippen molar-refractivity contribution in [2.24, 2.45) is 10.1 Å². The summed E-state index contributed by atoms with van der Waals surface area (Å²) in [6, 6.07) is 0. The number of nitrogens with zero attached hydrogens (tertiary/aromatic N) is 3. The molecule has 1 amide bonds. The van der Waals surface area contributed by atoms with Gasteiger partial charge in [0.2, 0.25) is 11.5 Å². The second kappa shape index (κ2) is 5.35. The van der Waals surface area contributed by atoms with Crippen molar-refractivity contribution in [3.8, 4) is 0 Å². The van der Waals surface area contributed by atoms with E-state index in [9.17, 15) is 4.79 Å². The van der Waals surface area contributed by atoms with E-state index in [0.29, 0.717) is 5.62 Å². The Bertz CT molecular complexity index is 403. The third-order valence-corrected chi connectivity index (χ3v) is 2.27. The molecule has 0 spiro atoms. The van der Waals surface area contributed by atoms with E-state index in [-0.39, 0.29) is 6.54 Å². The highest BCUT2D eigenvalue weighted by atomic mass is 127. The molecule has 0 aliphatic heterocycles. The fourth-order valence-electron chi connectivity index (χ4n) is 0.962. The van der Waals surface area contributed by atoms with Crippen molar-refractivity contribution >= 4 is 36.2 Å². The third kappa shape index (κ3) is 3.29. The first-order valence-electron chi connectivity index (χ1n) is 3.76. The Hall–Kier alpha value is -0.570. The zero-order chi connectivity index (χ0) is 10.6. The predicted octanol–water partition coefficient (Wildman–Crippen LogP) is 0.576. The summed E-state index contributed by atoms with van der Waals surface area (Å²) in [5.41, 5.74) is 6.56. The lowest BCUT2D eigenvalue weighted by Crippen LogP contribution is -2.30. The summed E-state index contributed by atoms with van der Waals surface area (Å²) in [7, 11) is 1.26. The van der Waals surface area contributed by atoms with Crippen molar-refractivity contribution in [3.05, 3.63) is 23.6 Å². The summed E-state index contributed by atoms with van der Waals surface area (Å²) in [6.07, 6.45) is 3.49. The van der Waals surface area contributed by atoms with E-state index in [4.69, 9.17) is 5.73 Å². The molecule has 5 nitrogen and oxygen atoms in total. The molecule has 0 aliphatic carbocycles. The number of hydrogen-bond donors (Lipinski definition) is 1. The molecule has 0 atom stereocenters. The first-order chi connectivity index (χ1) is 6.63. The Balaban J connectivity index is 3.16. The maximum Gasteiger partial charge on any atom is 0.237 e. The molecule has 2 N–H and O–H groups in total. The summed E-state index contributed by atoms with van der Waals surface area (Å²) in [5, 5.41) is 0. The zero-order valence-corrected chi connectivity index (χ0v) is 10.4. The third-order valence-electron chi connectivity index (χ3n) is 1.44. The molecule has 14 heavy (non-hydrogen) atoms. The molecular weight excluding hydrogens is 315 g/mol. The van der Waals surface area contributed by atoms with Crippen LogP contribution in [-0.2, 0) is 11.3 Å². The van der Waals surface area contributed by atoms with Gasteiger partial charge in [0, 0.05) is 33.6 Å². The van der Waals surface area contributed by atoms with Crippen LogP contribution in [0.1, 0.15) is 5.56 Å². The van der Waals surface area contributed by atoms with Gasteiger partial charge in [0.15, 0.2) is 0 Å². The Morgan fingerprint density at radius 2 is 2.57 bits per heavy atom. The van der Waals surface area contributed by atoms with Crippen LogP contribution in [0.4, 0.5) is 0 Å². The van der Waals surface area contributed by atoms with Crippen molar-refractivity contribution in [2.75, 3.05) is 0 Å². The summed E-state index contributed by atoms with van der Waals surface area (Å²) in [4.78, 5) is 14.8. The lowest BCUT2D eigenvalue weighted by Gasteiger charge is -2.03. The van der Waals surface area contributed by atoms with Crippen LogP contribution >= 0.6 is 30.3 Å². The van der Waals surface area contributed by atoms with Crippen LogP contribution in [-0.4, -0.2) is 15.5 Å². The first kappa shape index (κ1) is 11.5. The second-order valence-electron chi connectivity index (χ2n) is 2.69. The molecule has 1 rings (SSSR count). The SMILES string of the molecule is Cc1cn/c(=N\SI)n(CC(N)=O)c1. The van der Waals surface area contributed by atoms with Gasteiger partial charge in [0.05, 0.1) is 9.12 Å². The van der Waals surface area contributed by atoms with Gasteiger partial charge in [-0.15, -0.1) is 0 Å². The van der Waals surface area contributed by atoms with E-state index >= 15 is 0 Å². The Morgan fingerprint density at radius 3 is 3.14 bits per heavy atom. The number of rotatable bonds is 3. The molecule has 1 aromatic heterocycles. The fraction of sp³-hybridized carbons (Fsp3) is 0.286. The number of amides is 1. The molecule has 1 heterocycles. The Kier molecular flexibility index (Phi) is 4.39. The summed E-state index contributed by atoms with van der Waals surface area (Å²) < 4.78 is 5.68. The molecule has 0 saturated heterocycles. The van der Waals surface area contributed by atoms with Gasteiger partial charge in [-0.2, -0.15) is 4.40 Å². The maximum absolute atomic E-state index is 10.8. The second-order valence-corrected chi connectivity index (χ2v) is 4.19. The molecular formula is C7H9IN4OS. The maximum atomic E-state index is 10.8. The standard InChI is InChI=1S/C7H9IN4OS/c1-5-2-10-7(11-14-8)12(3-5)4-6(9)13/h2-3H,4H2,1H3,(H2,9,13)/b11-7+. The Morgan fingerprint density at radius 1 is 1.86 bits per heavy atom. The minimum Gasteiger partial charge on any atom is -0.368 e. The van der Waals surface area contributed by atoms with E-state index in [0.717, 1.165) is 5.56 Å². The molecule has 0 bridgehead atoms. The average Bonchev–Trinajstić information content (AvgIpc) is 2.09. The topological polar surface area (TPSA) is 73.3 Å². The van der Waals surface area contributed by atoms with Gasteiger partial charge in [-0.3, -0.25) is 4.79 Å². The quantitative estimate of drug-likeness (QED) is 0.653. The fourth-order valence-corrected chi connectivity index (χ4v) is 1.70. The van der Waals surface area contributed by atoms with Gasteiger partial charge >= 0.3 is 0 Å². The molecule has 0 fully saturated rings. The highest BCUT2D eigenvalue weighted by Gasteiger charge is 1.99. The van der Waals surface area contributed by atoms with Crippen molar-refractivity contribution in [2.45, 2.75) is 13.5 Å². The van der Waals surface area contributed by atoms with E-state index in [1.165, 1.54) is 9.12 Å². The number of nitrogens with two attached hydrogens (primary N) is 1. The molecule has 7 heteroatoms. The number of aromatic nitrogens is 2. The monoisotopic (exact) mass is 324 g/mol. The van der Waals surface area contributed by atoms with Crippen molar-refractivity contribution < 1.29 is 4.79 Å². The smallest absolute Gasteiger partial charge is 0.237 e. The molecule has 1 aromatic rings. The van der Waals surface area contributed by atoms with Crippen LogP contribution in [0, 0.1) is 6.92 Å². The van der Waals surface area contributed by atoms with Crippen LogP contribution < -0.4 is 11.4 Å². The highest BCUT2D eigenvalue weighted by Crippen LogP contribution is 2.09. The summed E-state index contributed by atoms with van der Waals surface area (Å²) in [5.74, 6) is -0.405. The molecule has 0 aliphatic rings. The zero-order valence-electron chi connectivity index (χ0n) is 7.48. The average molecular weight is 324 g/mol. The number of carbonyl (C=O) groups is 1. The van der Waals surface area contributed by atoms with Gasteiger partial charge in [0.1, 0.15) is 6.54 Å². The summed E-state index contributed by atoms with van der Waals surface area (Å²) >= 11 is 2.03. The van der Waals surface area contributed by atoms with E-state index < -0.39 is 5.91 Å². The van der Waals surface area contributed by atoms with Gasteiger partial charge in [-0.25, -0.2) is 4.98 Å². The van der Waals surface area contributed by atoms with Crippen LogP contribution in [0.5, 0.6) is 0 Å². The van der Waals surface area contributed by atoms with Crippen LogP contribution in [0.25, 0.3) is 0 Å². The van der Waals surface area contributed by atoms with Gasteiger partial charge in [-0.05, 0) is 12.5 Å². The van der Waals surface area contributed by atoms with E-state index in [1.54, 1.807) is 17.0 Å². The minimum absolute atomic E-state index is 0.102.